The van der Waals surface area contributed by atoms with E-state index in [9.17, 15) is 0 Å². The summed E-state index contributed by atoms with van der Waals surface area (Å²) in [5, 5.41) is 15.2. The Morgan fingerprint density at radius 3 is 2.71 bits per heavy atom. The summed E-state index contributed by atoms with van der Waals surface area (Å²) in [7, 11) is 0. The normalized spacial score (nSPS) is 11.1. The van der Waals surface area contributed by atoms with E-state index >= 15 is 0 Å². The Kier molecular flexibility index (Phi) is 3.92. The highest BCUT2D eigenvalue weighted by molar-refractivity contribution is 7.99. The van der Waals surface area contributed by atoms with Gasteiger partial charge in [0.25, 0.3) is 0 Å². The predicted octanol–water partition coefficient (Wildman–Crippen LogP) is 4.32. The number of hydrogen-bond acceptors (Lipinski definition) is 5. The minimum Gasteiger partial charge on any atom is -0.241 e. The van der Waals surface area contributed by atoms with Crippen LogP contribution in [-0.2, 0) is 0 Å². The summed E-state index contributed by atoms with van der Waals surface area (Å²) < 4.78 is 1.70. The van der Waals surface area contributed by atoms with Crippen molar-refractivity contribution in [3.63, 3.8) is 0 Å². The fraction of sp³-hybridized carbons (Fsp3) is 0.0588. The van der Waals surface area contributed by atoms with Crippen molar-refractivity contribution in [2.75, 3.05) is 0 Å². The number of rotatable bonds is 3. The molecule has 5 nitrogen and oxygen atoms in total. The van der Waals surface area contributed by atoms with Gasteiger partial charge in [-0.3, -0.25) is 0 Å². The minimum atomic E-state index is 0.668. The Labute approximate surface area is 147 Å². The molecule has 4 rings (SSSR count). The molecule has 0 bridgehead atoms. The highest BCUT2D eigenvalue weighted by Gasteiger charge is 2.12. The van der Waals surface area contributed by atoms with Crippen LogP contribution in [0.25, 0.3) is 16.6 Å². The number of pyridine rings is 1. The van der Waals surface area contributed by atoms with Gasteiger partial charge in [0.05, 0.1) is 11.2 Å². The zero-order valence-corrected chi connectivity index (χ0v) is 14.3. The van der Waals surface area contributed by atoms with Crippen molar-refractivity contribution in [1.82, 2.24) is 25.2 Å². The Hall–Kier alpha value is -2.44. The molecule has 0 saturated heterocycles. The van der Waals surface area contributed by atoms with Gasteiger partial charge in [-0.2, -0.15) is 4.68 Å². The van der Waals surface area contributed by atoms with E-state index in [-0.39, 0.29) is 0 Å². The smallest absolute Gasteiger partial charge is 0.220 e. The highest BCUT2D eigenvalue weighted by atomic mass is 35.5. The molecule has 0 aliphatic heterocycles. The van der Waals surface area contributed by atoms with Crippen LogP contribution >= 0.6 is 23.4 Å². The lowest BCUT2D eigenvalue weighted by atomic mass is 10.1. The highest BCUT2D eigenvalue weighted by Crippen LogP contribution is 2.30. The second-order valence-electron chi connectivity index (χ2n) is 5.25. The van der Waals surface area contributed by atoms with Crippen molar-refractivity contribution < 1.29 is 0 Å². The third-order valence-electron chi connectivity index (χ3n) is 3.59. The van der Waals surface area contributed by atoms with Gasteiger partial charge in [0.2, 0.25) is 5.16 Å². The Balaban J connectivity index is 1.73. The Bertz CT molecular complexity index is 1020. The Morgan fingerprint density at radius 1 is 1.04 bits per heavy atom. The summed E-state index contributed by atoms with van der Waals surface area (Å²) >= 11 is 7.50. The second-order valence-corrected chi connectivity index (χ2v) is 6.67. The molecule has 4 aromatic rings. The summed E-state index contributed by atoms with van der Waals surface area (Å²) in [6.07, 6.45) is 0. The van der Waals surface area contributed by atoms with Crippen molar-refractivity contribution in [3.8, 4) is 5.69 Å². The van der Waals surface area contributed by atoms with Gasteiger partial charge in [0.15, 0.2) is 0 Å². The summed E-state index contributed by atoms with van der Waals surface area (Å²) in [6.45, 7) is 2.05. The van der Waals surface area contributed by atoms with E-state index in [0.717, 1.165) is 27.2 Å². The quantitative estimate of drug-likeness (QED) is 0.549. The average Bonchev–Trinajstić information content (AvgIpc) is 3.04. The molecule has 0 N–H and O–H groups in total. The fourth-order valence-electron chi connectivity index (χ4n) is 2.46. The van der Waals surface area contributed by atoms with E-state index in [0.29, 0.717) is 10.2 Å². The Morgan fingerprint density at radius 2 is 1.88 bits per heavy atom. The van der Waals surface area contributed by atoms with E-state index < -0.39 is 0 Å². The number of aryl methyl sites for hydroxylation is 1. The molecular weight excluding hydrogens is 342 g/mol. The van der Waals surface area contributed by atoms with E-state index in [1.807, 2.05) is 61.5 Å². The van der Waals surface area contributed by atoms with Crippen LogP contribution in [0.15, 0.2) is 64.8 Å². The van der Waals surface area contributed by atoms with Crippen LogP contribution in [0.1, 0.15) is 5.56 Å². The molecule has 0 atom stereocenters. The molecule has 0 aliphatic rings. The van der Waals surface area contributed by atoms with Crippen LogP contribution in [0.5, 0.6) is 0 Å². The van der Waals surface area contributed by atoms with E-state index in [4.69, 9.17) is 11.6 Å². The summed E-state index contributed by atoms with van der Waals surface area (Å²) in [6, 6.07) is 17.5. The standard InChI is InChI=1S/C17H12ClN5S/c1-11-9-16(19-15-8-7-12(18)10-14(11)15)24-17-20-21-22-23(17)13-5-3-2-4-6-13/h2-10H,1H3. The summed E-state index contributed by atoms with van der Waals surface area (Å²) in [5.41, 5.74) is 2.93. The minimum absolute atomic E-state index is 0.668. The molecule has 0 fully saturated rings. The van der Waals surface area contributed by atoms with Gasteiger partial charge >= 0.3 is 0 Å². The molecule has 0 amide bonds. The predicted molar refractivity (Wildman–Crippen MR) is 94.8 cm³/mol. The lowest BCUT2D eigenvalue weighted by molar-refractivity contribution is 0.756. The molecule has 0 aliphatic carbocycles. The van der Waals surface area contributed by atoms with Crippen LogP contribution < -0.4 is 0 Å². The molecule has 0 unspecified atom stereocenters. The molecule has 0 radical (unpaired) electrons. The van der Waals surface area contributed by atoms with Crippen molar-refractivity contribution in [3.05, 3.63) is 65.2 Å². The number of para-hydroxylation sites is 1. The maximum atomic E-state index is 6.07. The SMILES string of the molecule is Cc1cc(Sc2nnnn2-c2ccccc2)nc2ccc(Cl)cc12. The molecule has 2 heterocycles. The number of nitrogens with zero attached hydrogens (tertiary/aromatic N) is 5. The zero-order valence-electron chi connectivity index (χ0n) is 12.7. The number of halogens is 1. The van der Waals surface area contributed by atoms with Crippen LogP contribution in [0.2, 0.25) is 5.02 Å². The zero-order chi connectivity index (χ0) is 16.5. The monoisotopic (exact) mass is 353 g/mol. The van der Waals surface area contributed by atoms with Gasteiger partial charge in [-0.05, 0) is 71.1 Å². The van der Waals surface area contributed by atoms with Crippen molar-refractivity contribution >= 4 is 34.3 Å². The maximum absolute atomic E-state index is 6.07. The number of aromatic nitrogens is 5. The maximum Gasteiger partial charge on any atom is 0.220 e. The second kappa shape index (κ2) is 6.22. The first-order valence-corrected chi connectivity index (χ1v) is 8.49. The first-order chi connectivity index (χ1) is 11.7. The van der Waals surface area contributed by atoms with Crippen molar-refractivity contribution in [2.24, 2.45) is 0 Å². The van der Waals surface area contributed by atoms with E-state index in [2.05, 4.69) is 20.5 Å². The van der Waals surface area contributed by atoms with Gasteiger partial charge in [0.1, 0.15) is 5.03 Å². The van der Waals surface area contributed by atoms with Gasteiger partial charge < -0.3 is 0 Å². The van der Waals surface area contributed by atoms with Crippen molar-refractivity contribution in [2.45, 2.75) is 17.1 Å². The van der Waals surface area contributed by atoms with E-state index in [1.54, 1.807) is 4.68 Å². The molecule has 24 heavy (non-hydrogen) atoms. The molecule has 2 aromatic heterocycles. The first kappa shape index (κ1) is 15.1. The van der Waals surface area contributed by atoms with Gasteiger partial charge in [-0.15, -0.1) is 5.10 Å². The molecular formula is C17H12ClN5S. The molecule has 7 heteroatoms. The number of benzene rings is 2. The van der Waals surface area contributed by atoms with Crippen LogP contribution in [0, 0.1) is 6.92 Å². The fourth-order valence-corrected chi connectivity index (χ4v) is 3.50. The topological polar surface area (TPSA) is 56.5 Å². The summed E-state index contributed by atoms with van der Waals surface area (Å²) in [5.74, 6) is 0. The molecule has 2 aromatic carbocycles. The molecule has 0 saturated carbocycles. The molecule has 118 valence electrons. The van der Waals surface area contributed by atoms with Gasteiger partial charge in [0, 0.05) is 10.4 Å². The van der Waals surface area contributed by atoms with Crippen LogP contribution in [-0.4, -0.2) is 25.2 Å². The largest absolute Gasteiger partial charge is 0.241 e. The van der Waals surface area contributed by atoms with E-state index in [1.165, 1.54) is 11.8 Å². The van der Waals surface area contributed by atoms with Crippen LogP contribution in [0.4, 0.5) is 0 Å². The molecule has 0 spiro atoms. The van der Waals surface area contributed by atoms with Crippen molar-refractivity contribution in [1.29, 1.82) is 0 Å². The lowest BCUT2D eigenvalue weighted by Gasteiger charge is -2.07. The number of fused-ring (bicyclic) bond motifs is 1. The third-order valence-corrected chi connectivity index (χ3v) is 4.68. The average molecular weight is 354 g/mol. The van der Waals surface area contributed by atoms with Gasteiger partial charge in [-0.1, -0.05) is 29.8 Å². The number of tetrazole rings is 1. The lowest BCUT2D eigenvalue weighted by Crippen LogP contribution is -1.98. The third kappa shape index (κ3) is 2.86. The number of hydrogen-bond donors (Lipinski definition) is 0. The van der Waals surface area contributed by atoms with Crippen LogP contribution in [0.3, 0.4) is 0 Å². The first-order valence-electron chi connectivity index (χ1n) is 7.29. The summed E-state index contributed by atoms with van der Waals surface area (Å²) in [4.78, 5) is 4.68. The van der Waals surface area contributed by atoms with Gasteiger partial charge in [-0.25, -0.2) is 4.98 Å².